The van der Waals surface area contributed by atoms with E-state index in [1.165, 1.54) is 0 Å². The number of hydrogen-bond donors (Lipinski definition) is 1. The van der Waals surface area contributed by atoms with E-state index >= 15 is 0 Å². The summed E-state index contributed by atoms with van der Waals surface area (Å²) in [6, 6.07) is 0.432. The lowest BCUT2D eigenvalue weighted by Crippen LogP contribution is -2.46. The fourth-order valence-corrected chi connectivity index (χ4v) is 5.05. The van der Waals surface area contributed by atoms with Crippen LogP contribution in [-0.4, -0.2) is 50.6 Å². The molecule has 0 aromatic heterocycles. The Kier molecular flexibility index (Phi) is 11.0. The van der Waals surface area contributed by atoms with Gasteiger partial charge in [0.1, 0.15) is 0 Å². The topological polar surface area (TPSA) is 82.1 Å². The van der Waals surface area contributed by atoms with Crippen molar-refractivity contribution in [2.24, 2.45) is 0 Å². The van der Waals surface area contributed by atoms with Gasteiger partial charge in [-0.1, -0.05) is 11.8 Å². The summed E-state index contributed by atoms with van der Waals surface area (Å²) < 4.78 is 16.9. The van der Waals surface area contributed by atoms with Gasteiger partial charge in [0, 0.05) is 38.0 Å². The van der Waals surface area contributed by atoms with Crippen molar-refractivity contribution in [3.63, 3.8) is 0 Å². The smallest absolute Gasteiger partial charge is 0.481 e. The Balaban J connectivity index is 4.28. The number of carboxylic acid groups (broad SMARTS) is 1. The third-order valence-corrected chi connectivity index (χ3v) is 6.29. The van der Waals surface area contributed by atoms with E-state index in [-0.39, 0.29) is 18.0 Å². The standard InChI is InChI=1S/C12H24O6SSi/c1-4-16-20(17-5-2,18-6-3)10-8-12(15)19-9-7-11(13)14/h4-10H2,1-3H3,(H,13,14). The highest BCUT2D eigenvalue weighted by Gasteiger charge is 2.40. The van der Waals surface area contributed by atoms with Crippen molar-refractivity contribution in [2.75, 3.05) is 25.6 Å². The van der Waals surface area contributed by atoms with Crippen LogP contribution in [0.4, 0.5) is 0 Å². The molecular weight excluding hydrogens is 300 g/mol. The number of hydrogen-bond acceptors (Lipinski definition) is 6. The highest BCUT2D eigenvalue weighted by atomic mass is 32.2. The van der Waals surface area contributed by atoms with Gasteiger partial charge in [-0.2, -0.15) is 0 Å². The van der Waals surface area contributed by atoms with Crippen LogP contribution in [0.25, 0.3) is 0 Å². The lowest BCUT2D eigenvalue weighted by atomic mass is 10.5. The van der Waals surface area contributed by atoms with Crippen LogP contribution < -0.4 is 0 Å². The van der Waals surface area contributed by atoms with Gasteiger partial charge in [0.05, 0.1) is 6.42 Å². The summed E-state index contributed by atoms with van der Waals surface area (Å²) in [6.45, 7) is 7.03. The van der Waals surface area contributed by atoms with E-state index in [0.717, 1.165) is 11.8 Å². The monoisotopic (exact) mass is 324 g/mol. The molecule has 0 unspecified atom stereocenters. The van der Waals surface area contributed by atoms with Crippen LogP contribution in [0.5, 0.6) is 0 Å². The van der Waals surface area contributed by atoms with Gasteiger partial charge in [-0.15, -0.1) is 0 Å². The van der Waals surface area contributed by atoms with Crippen molar-refractivity contribution in [3.8, 4) is 0 Å². The van der Waals surface area contributed by atoms with E-state index < -0.39 is 14.8 Å². The molecule has 0 amide bonds. The molecule has 0 bridgehead atoms. The summed E-state index contributed by atoms with van der Waals surface area (Å²) in [5.74, 6) is -0.604. The quantitative estimate of drug-likeness (QED) is 0.551. The third kappa shape index (κ3) is 8.70. The normalized spacial score (nSPS) is 11.6. The fourth-order valence-electron chi connectivity index (χ4n) is 1.58. The molecule has 0 saturated carbocycles. The van der Waals surface area contributed by atoms with Crippen LogP contribution in [-0.2, 0) is 22.9 Å². The number of aliphatic carboxylic acids is 1. The molecule has 0 saturated heterocycles. The lowest BCUT2D eigenvalue weighted by molar-refractivity contribution is -0.136. The van der Waals surface area contributed by atoms with E-state index in [9.17, 15) is 9.59 Å². The highest BCUT2D eigenvalue weighted by molar-refractivity contribution is 8.13. The Hall–Kier alpha value is -0.413. The summed E-state index contributed by atoms with van der Waals surface area (Å²) in [4.78, 5) is 22.1. The molecule has 6 nitrogen and oxygen atoms in total. The number of carbonyl (C=O) groups excluding carboxylic acids is 1. The average Bonchev–Trinajstić information content (AvgIpc) is 2.37. The van der Waals surface area contributed by atoms with Crippen molar-refractivity contribution in [2.45, 2.75) is 39.7 Å². The first-order valence-corrected chi connectivity index (χ1v) is 9.70. The minimum atomic E-state index is -2.77. The summed E-state index contributed by atoms with van der Waals surface area (Å²) >= 11 is 1.04. The van der Waals surface area contributed by atoms with Gasteiger partial charge < -0.3 is 18.4 Å². The molecule has 0 aromatic carbocycles. The second kappa shape index (κ2) is 11.3. The van der Waals surface area contributed by atoms with Crippen molar-refractivity contribution in [1.29, 1.82) is 0 Å². The fraction of sp³-hybridized carbons (Fsp3) is 0.833. The van der Waals surface area contributed by atoms with Gasteiger partial charge in [-0.3, -0.25) is 9.59 Å². The second-order valence-corrected chi connectivity index (χ2v) is 7.73. The van der Waals surface area contributed by atoms with Crippen LogP contribution in [0, 0.1) is 0 Å². The Bertz CT molecular complexity index is 283. The Labute approximate surface area is 125 Å². The zero-order chi connectivity index (χ0) is 15.4. The largest absolute Gasteiger partial charge is 0.501 e. The Morgan fingerprint density at radius 2 is 1.50 bits per heavy atom. The zero-order valence-corrected chi connectivity index (χ0v) is 14.2. The molecule has 0 spiro atoms. The predicted molar refractivity (Wildman–Crippen MR) is 79.8 cm³/mol. The van der Waals surface area contributed by atoms with E-state index in [4.69, 9.17) is 18.4 Å². The molecule has 0 aromatic rings. The molecule has 0 aliphatic carbocycles. The molecule has 0 aliphatic heterocycles. The minimum absolute atomic E-state index is 0.0125. The molecule has 20 heavy (non-hydrogen) atoms. The van der Waals surface area contributed by atoms with Gasteiger partial charge in [-0.05, 0) is 20.8 Å². The van der Waals surface area contributed by atoms with Gasteiger partial charge in [-0.25, -0.2) is 0 Å². The van der Waals surface area contributed by atoms with Gasteiger partial charge in [0.25, 0.3) is 0 Å². The number of thioether (sulfide) groups is 1. The van der Waals surface area contributed by atoms with Crippen molar-refractivity contribution >= 4 is 31.7 Å². The molecule has 118 valence electrons. The molecular formula is C12H24O6SSi. The molecule has 0 fully saturated rings. The number of rotatable bonds is 12. The molecule has 0 heterocycles. The summed E-state index contributed by atoms with van der Waals surface area (Å²) in [5.41, 5.74) is 0. The van der Waals surface area contributed by atoms with Gasteiger partial charge in [0.15, 0.2) is 5.12 Å². The predicted octanol–water partition coefficient (Wildman–Crippen LogP) is 2.16. The van der Waals surface area contributed by atoms with E-state index in [0.29, 0.717) is 31.6 Å². The zero-order valence-electron chi connectivity index (χ0n) is 12.3. The first-order chi connectivity index (χ1) is 9.49. The molecule has 0 rings (SSSR count). The van der Waals surface area contributed by atoms with Crippen molar-refractivity contribution < 1.29 is 28.0 Å². The Morgan fingerprint density at radius 1 is 1.00 bits per heavy atom. The van der Waals surface area contributed by atoms with E-state index in [2.05, 4.69) is 0 Å². The van der Waals surface area contributed by atoms with Crippen LogP contribution in [0.3, 0.4) is 0 Å². The molecule has 8 heteroatoms. The summed E-state index contributed by atoms with van der Waals surface area (Å²) in [5, 5.41) is 8.46. The summed E-state index contributed by atoms with van der Waals surface area (Å²) in [7, 11) is -2.77. The van der Waals surface area contributed by atoms with Crippen molar-refractivity contribution in [3.05, 3.63) is 0 Å². The van der Waals surface area contributed by atoms with Crippen LogP contribution in [0.2, 0.25) is 6.04 Å². The highest BCUT2D eigenvalue weighted by Crippen LogP contribution is 2.21. The average molecular weight is 324 g/mol. The van der Waals surface area contributed by atoms with E-state index in [1.807, 2.05) is 20.8 Å². The van der Waals surface area contributed by atoms with Crippen LogP contribution in [0.1, 0.15) is 33.6 Å². The first-order valence-electron chi connectivity index (χ1n) is 6.79. The number of carboxylic acids is 1. The summed E-state index contributed by atoms with van der Waals surface area (Å²) in [6.07, 6.45) is 0.262. The maximum atomic E-state index is 11.7. The second-order valence-electron chi connectivity index (χ2n) is 3.85. The third-order valence-electron chi connectivity index (χ3n) is 2.31. The maximum Gasteiger partial charge on any atom is 0.501 e. The minimum Gasteiger partial charge on any atom is -0.481 e. The molecule has 0 atom stereocenters. The Morgan fingerprint density at radius 3 is 1.90 bits per heavy atom. The molecule has 0 radical (unpaired) electrons. The lowest BCUT2D eigenvalue weighted by Gasteiger charge is -2.28. The maximum absolute atomic E-state index is 11.7. The van der Waals surface area contributed by atoms with Crippen LogP contribution >= 0.6 is 11.8 Å². The van der Waals surface area contributed by atoms with Crippen LogP contribution in [0.15, 0.2) is 0 Å². The van der Waals surface area contributed by atoms with E-state index in [1.54, 1.807) is 0 Å². The molecule has 1 N–H and O–H groups in total. The van der Waals surface area contributed by atoms with Gasteiger partial charge in [0.2, 0.25) is 0 Å². The SMILES string of the molecule is CCO[Si](CCC(=O)SCCC(=O)O)(OCC)OCC. The number of carbonyl (C=O) groups is 2. The van der Waals surface area contributed by atoms with Gasteiger partial charge >= 0.3 is 14.8 Å². The van der Waals surface area contributed by atoms with Crippen molar-refractivity contribution in [1.82, 2.24) is 0 Å². The molecule has 0 aliphatic rings. The first kappa shape index (κ1) is 19.6.